The number of imidazole rings is 1. The molecule has 0 spiro atoms. The van der Waals surface area contributed by atoms with Crippen molar-refractivity contribution in [2.75, 3.05) is 0 Å². The first kappa shape index (κ1) is 38.6. The van der Waals surface area contributed by atoms with Crippen LogP contribution in [0, 0.1) is 0 Å². The van der Waals surface area contributed by atoms with Crippen molar-refractivity contribution in [3.63, 3.8) is 0 Å². The summed E-state index contributed by atoms with van der Waals surface area (Å²) in [6.07, 6.45) is 45.6. The molecule has 0 radical (unpaired) electrons. The van der Waals surface area contributed by atoms with Gasteiger partial charge in [-0.15, -0.1) is 0 Å². The third-order valence-electron chi connectivity index (χ3n) is 9.80. The maximum absolute atomic E-state index is 2.61. The molecule has 0 aliphatic rings. The van der Waals surface area contributed by atoms with Gasteiger partial charge >= 0.3 is 0 Å². The third-order valence-corrected chi connectivity index (χ3v) is 9.80. The minimum Gasteiger partial charge on any atom is -0.234 e. The van der Waals surface area contributed by atoms with Gasteiger partial charge in [0.05, 0.1) is 13.1 Å². The molecule has 0 amide bonds. The summed E-state index contributed by atoms with van der Waals surface area (Å²) in [7, 11) is 0. The fourth-order valence-electron chi connectivity index (χ4n) is 6.89. The topological polar surface area (TPSA) is 8.81 Å². The number of aryl methyl sites for hydroxylation is 3. The van der Waals surface area contributed by atoms with Crippen molar-refractivity contribution in [2.45, 2.75) is 213 Å². The van der Waals surface area contributed by atoms with Gasteiger partial charge in [-0.3, -0.25) is 0 Å². The molecule has 0 aliphatic heterocycles. The molecular formula is C42H75N2+. The molecule has 1 aromatic heterocycles. The summed E-state index contributed by atoms with van der Waals surface area (Å²) in [5.74, 6) is 1.58. The Morgan fingerprint density at radius 1 is 0.455 bits per heavy atom. The minimum absolute atomic E-state index is 1.15. The predicted molar refractivity (Wildman–Crippen MR) is 194 cm³/mol. The number of rotatable bonds is 32. The molecule has 0 atom stereocenters. The SMILES string of the molecule is CCCCCCCCCCCCCCCCCc1n(CCCCCCCCCCCCC)cc[n+]1CCCc1ccccc1. The molecule has 44 heavy (non-hydrogen) atoms. The average Bonchev–Trinajstić information content (AvgIpc) is 3.43. The van der Waals surface area contributed by atoms with Gasteiger partial charge in [0.15, 0.2) is 0 Å². The maximum Gasteiger partial charge on any atom is 0.256 e. The summed E-state index contributed by atoms with van der Waals surface area (Å²) < 4.78 is 5.20. The number of hydrogen-bond donors (Lipinski definition) is 0. The van der Waals surface area contributed by atoms with Gasteiger partial charge < -0.3 is 0 Å². The highest BCUT2D eigenvalue weighted by molar-refractivity contribution is 5.14. The number of nitrogens with zero attached hydrogens (tertiary/aromatic N) is 2. The number of benzene rings is 1. The van der Waals surface area contributed by atoms with E-state index in [4.69, 9.17) is 0 Å². The van der Waals surface area contributed by atoms with E-state index < -0.39 is 0 Å². The lowest BCUT2D eigenvalue weighted by atomic mass is 10.0. The van der Waals surface area contributed by atoms with E-state index in [9.17, 15) is 0 Å². The summed E-state index contributed by atoms with van der Waals surface area (Å²) >= 11 is 0. The van der Waals surface area contributed by atoms with Crippen LogP contribution in [0.15, 0.2) is 42.7 Å². The van der Waals surface area contributed by atoms with E-state index in [0.717, 1.165) is 6.54 Å². The van der Waals surface area contributed by atoms with Crippen molar-refractivity contribution in [3.05, 3.63) is 54.1 Å². The normalized spacial score (nSPS) is 11.5. The highest BCUT2D eigenvalue weighted by Crippen LogP contribution is 2.15. The highest BCUT2D eigenvalue weighted by atomic mass is 15.1. The molecule has 0 saturated heterocycles. The molecule has 2 aromatic rings. The monoisotopic (exact) mass is 608 g/mol. The molecule has 1 heterocycles. The molecule has 2 nitrogen and oxygen atoms in total. The van der Waals surface area contributed by atoms with Crippen molar-refractivity contribution in [2.24, 2.45) is 0 Å². The maximum atomic E-state index is 2.61. The molecule has 0 fully saturated rings. The smallest absolute Gasteiger partial charge is 0.234 e. The van der Waals surface area contributed by atoms with E-state index in [-0.39, 0.29) is 0 Å². The van der Waals surface area contributed by atoms with Gasteiger partial charge in [-0.05, 0) is 37.7 Å². The van der Waals surface area contributed by atoms with Crippen LogP contribution >= 0.6 is 0 Å². The first-order valence-corrected chi connectivity index (χ1v) is 20.0. The van der Waals surface area contributed by atoms with Crippen molar-refractivity contribution in [1.82, 2.24) is 4.57 Å². The van der Waals surface area contributed by atoms with Gasteiger partial charge in [0.2, 0.25) is 0 Å². The van der Waals surface area contributed by atoms with E-state index in [1.165, 1.54) is 198 Å². The van der Waals surface area contributed by atoms with E-state index in [1.807, 2.05) is 0 Å². The standard InChI is InChI=1S/C42H75N2/c1-3-5-7-9-11-13-15-16-17-18-19-21-23-25-30-36-42-43(37-31-26-24-22-20-14-12-10-8-6-4-2)39-40-44(42)38-32-35-41-33-28-27-29-34-41/h27-29,33-34,39-40H,3-26,30-32,35-38H2,1-2H3/q+1. The van der Waals surface area contributed by atoms with E-state index >= 15 is 0 Å². The summed E-state index contributed by atoms with van der Waals surface area (Å²) in [6, 6.07) is 11.0. The lowest BCUT2D eigenvalue weighted by Crippen LogP contribution is -2.37. The van der Waals surface area contributed by atoms with Crippen LogP contribution < -0.4 is 4.57 Å². The fraction of sp³-hybridized carbons (Fsp3) is 0.786. The van der Waals surface area contributed by atoms with Crippen LogP contribution in [-0.4, -0.2) is 4.57 Å². The molecule has 252 valence electrons. The van der Waals surface area contributed by atoms with Gasteiger partial charge in [-0.25, -0.2) is 9.13 Å². The first-order valence-electron chi connectivity index (χ1n) is 20.0. The fourth-order valence-corrected chi connectivity index (χ4v) is 6.89. The van der Waals surface area contributed by atoms with Crippen LogP contribution in [0.5, 0.6) is 0 Å². The van der Waals surface area contributed by atoms with Gasteiger partial charge in [0, 0.05) is 6.42 Å². The summed E-state index contributed by atoms with van der Waals surface area (Å²) in [6.45, 7) is 6.97. The van der Waals surface area contributed by atoms with Gasteiger partial charge in [0.25, 0.3) is 5.82 Å². The summed E-state index contributed by atoms with van der Waals surface area (Å²) in [5, 5.41) is 0. The average molecular weight is 608 g/mol. The Balaban J connectivity index is 1.61. The molecule has 0 aliphatic carbocycles. The molecule has 2 heteroatoms. The zero-order valence-electron chi connectivity index (χ0n) is 29.9. The lowest BCUT2D eigenvalue weighted by molar-refractivity contribution is -0.704. The van der Waals surface area contributed by atoms with Crippen molar-refractivity contribution >= 4 is 0 Å². The van der Waals surface area contributed by atoms with Crippen LogP contribution in [0.4, 0.5) is 0 Å². The van der Waals surface area contributed by atoms with Crippen molar-refractivity contribution in [1.29, 1.82) is 0 Å². The Bertz CT molecular complexity index is 854. The Kier molecular flexibility index (Phi) is 25.3. The molecule has 0 N–H and O–H groups in total. The summed E-state index contributed by atoms with van der Waals surface area (Å²) in [4.78, 5) is 0. The second-order valence-electron chi connectivity index (χ2n) is 13.9. The van der Waals surface area contributed by atoms with Crippen LogP contribution in [0.1, 0.15) is 199 Å². The second kappa shape index (κ2) is 28.9. The largest absolute Gasteiger partial charge is 0.256 e. The Labute approximate surface area is 275 Å². The molecule has 2 rings (SSSR count). The van der Waals surface area contributed by atoms with Crippen LogP contribution in [0.3, 0.4) is 0 Å². The second-order valence-corrected chi connectivity index (χ2v) is 13.9. The van der Waals surface area contributed by atoms with Gasteiger partial charge in [-0.2, -0.15) is 0 Å². The highest BCUT2D eigenvalue weighted by Gasteiger charge is 2.16. The van der Waals surface area contributed by atoms with E-state index in [0.29, 0.717) is 0 Å². The van der Waals surface area contributed by atoms with Crippen LogP contribution in [-0.2, 0) is 25.9 Å². The van der Waals surface area contributed by atoms with E-state index in [1.54, 1.807) is 5.82 Å². The lowest BCUT2D eigenvalue weighted by Gasteiger charge is -2.07. The van der Waals surface area contributed by atoms with Crippen LogP contribution in [0.2, 0.25) is 0 Å². The Morgan fingerprint density at radius 2 is 0.886 bits per heavy atom. The number of aromatic nitrogens is 2. The molecular weight excluding hydrogens is 532 g/mol. The zero-order chi connectivity index (χ0) is 31.2. The van der Waals surface area contributed by atoms with Crippen molar-refractivity contribution in [3.8, 4) is 0 Å². The predicted octanol–water partition coefficient (Wildman–Crippen LogP) is 13.1. The number of unbranched alkanes of at least 4 members (excludes halogenated alkanes) is 24. The zero-order valence-corrected chi connectivity index (χ0v) is 29.9. The minimum atomic E-state index is 1.15. The Hall–Kier alpha value is -1.57. The third kappa shape index (κ3) is 20.5. The quantitative estimate of drug-likeness (QED) is 0.0578. The van der Waals surface area contributed by atoms with Crippen LogP contribution in [0.25, 0.3) is 0 Å². The Morgan fingerprint density at radius 3 is 1.36 bits per heavy atom. The molecule has 0 saturated carbocycles. The molecule has 0 unspecified atom stereocenters. The molecule has 1 aromatic carbocycles. The van der Waals surface area contributed by atoms with Gasteiger partial charge in [0.1, 0.15) is 12.4 Å². The van der Waals surface area contributed by atoms with Crippen molar-refractivity contribution < 1.29 is 4.57 Å². The van der Waals surface area contributed by atoms with Gasteiger partial charge in [-0.1, -0.05) is 192 Å². The molecule has 0 bridgehead atoms. The van der Waals surface area contributed by atoms with E-state index in [2.05, 4.69) is 65.7 Å². The first-order chi connectivity index (χ1) is 21.8. The number of hydrogen-bond acceptors (Lipinski definition) is 0. The summed E-state index contributed by atoms with van der Waals surface area (Å²) in [5.41, 5.74) is 1.47.